The molecule has 0 radical (unpaired) electrons. The van der Waals surface area contributed by atoms with Crippen LogP contribution in [0.5, 0.6) is 0 Å². The van der Waals surface area contributed by atoms with Crippen LogP contribution in [-0.4, -0.2) is 15.8 Å². The molecule has 0 spiro atoms. The summed E-state index contributed by atoms with van der Waals surface area (Å²) in [7, 11) is 0. The number of anilines is 2. The van der Waals surface area contributed by atoms with Crippen LogP contribution in [0.2, 0.25) is 0 Å². The molecule has 1 aromatic heterocycles. The van der Waals surface area contributed by atoms with Crippen molar-refractivity contribution in [1.82, 2.24) is 4.98 Å². The number of aromatic nitrogens is 1. The minimum atomic E-state index is -0.659. The molecule has 8 nitrogen and oxygen atoms in total. The fourth-order valence-electron chi connectivity index (χ4n) is 1.83. The van der Waals surface area contributed by atoms with Gasteiger partial charge in [0.25, 0.3) is 5.91 Å². The molecule has 108 valence electrons. The summed E-state index contributed by atoms with van der Waals surface area (Å²) in [6.07, 6.45) is 1.54. The minimum Gasteiger partial charge on any atom is -0.318 e. The van der Waals surface area contributed by atoms with Gasteiger partial charge in [0.05, 0.1) is 4.92 Å². The molecule has 21 heavy (non-hydrogen) atoms. The van der Waals surface area contributed by atoms with Crippen LogP contribution in [0.1, 0.15) is 15.9 Å². The van der Waals surface area contributed by atoms with E-state index in [1.807, 2.05) is 6.92 Å². The van der Waals surface area contributed by atoms with Gasteiger partial charge in [-0.3, -0.25) is 20.8 Å². The second-order valence-corrected chi connectivity index (χ2v) is 4.28. The summed E-state index contributed by atoms with van der Waals surface area (Å²) < 4.78 is 0. The van der Waals surface area contributed by atoms with Gasteiger partial charge in [-0.15, -0.1) is 0 Å². The first-order valence-electron chi connectivity index (χ1n) is 6.01. The van der Waals surface area contributed by atoms with E-state index in [9.17, 15) is 14.9 Å². The van der Waals surface area contributed by atoms with Crippen molar-refractivity contribution >= 4 is 23.1 Å². The van der Waals surface area contributed by atoms with Crippen molar-refractivity contribution in [1.29, 1.82) is 0 Å². The van der Waals surface area contributed by atoms with Gasteiger partial charge in [0, 0.05) is 6.20 Å². The molecule has 0 aliphatic rings. The van der Waals surface area contributed by atoms with E-state index < -0.39 is 10.8 Å². The Morgan fingerprint density at radius 2 is 2.14 bits per heavy atom. The van der Waals surface area contributed by atoms with E-state index in [1.165, 1.54) is 24.4 Å². The van der Waals surface area contributed by atoms with Crippen LogP contribution in [0.4, 0.5) is 17.2 Å². The Bertz CT molecular complexity index is 702. The van der Waals surface area contributed by atoms with Gasteiger partial charge in [-0.1, -0.05) is 6.07 Å². The third-order valence-corrected chi connectivity index (χ3v) is 2.78. The van der Waals surface area contributed by atoms with Crippen LogP contribution in [0.3, 0.4) is 0 Å². The number of benzene rings is 1. The molecule has 4 N–H and O–H groups in total. The minimum absolute atomic E-state index is 0.0600. The highest BCUT2D eigenvalue weighted by molar-refractivity contribution is 6.08. The Morgan fingerprint density at radius 1 is 1.38 bits per heavy atom. The number of rotatable bonds is 4. The number of nitrogens with zero attached hydrogens (tertiary/aromatic N) is 2. The van der Waals surface area contributed by atoms with Gasteiger partial charge in [0.15, 0.2) is 0 Å². The number of pyridine rings is 1. The molecule has 2 rings (SSSR count). The Kier molecular flexibility index (Phi) is 4.10. The molecule has 0 fully saturated rings. The standard InChI is InChI=1S/C13H13N5O3/c1-8-5-6-15-11(7-8)16-13(19)9-3-2-4-10(17-14)12(9)18(20)21/h2-7,17H,14H2,1H3,(H,15,16,19). The molecule has 1 amide bonds. The van der Waals surface area contributed by atoms with Crippen molar-refractivity contribution < 1.29 is 9.72 Å². The molecule has 1 aromatic carbocycles. The molecule has 0 atom stereocenters. The van der Waals surface area contributed by atoms with E-state index in [0.717, 1.165) is 5.56 Å². The summed E-state index contributed by atoms with van der Waals surface area (Å²) >= 11 is 0. The number of nitrogens with two attached hydrogens (primary N) is 1. The second kappa shape index (κ2) is 5.97. The van der Waals surface area contributed by atoms with Crippen LogP contribution in [0.15, 0.2) is 36.5 Å². The number of hydrogen-bond acceptors (Lipinski definition) is 6. The van der Waals surface area contributed by atoms with E-state index in [0.29, 0.717) is 5.82 Å². The smallest absolute Gasteiger partial charge is 0.306 e. The van der Waals surface area contributed by atoms with E-state index >= 15 is 0 Å². The molecule has 0 saturated heterocycles. The Morgan fingerprint density at radius 3 is 2.76 bits per heavy atom. The molecule has 0 unspecified atom stereocenters. The van der Waals surface area contributed by atoms with Crippen molar-refractivity contribution in [3.05, 3.63) is 57.8 Å². The summed E-state index contributed by atoms with van der Waals surface area (Å²) in [6, 6.07) is 7.70. The summed E-state index contributed by atoms with van der Waals surface area (Å²) in [5.41, 5.74) is 2.69. The van der Waals surface area contributed by atoms with Gasteiger partial charge in [0.2, 0.25) is 0 Å². The van der Waals surface area contributed by atoms with Gasteiger partial charge < -0.3 is 10.7 Å². The zero-order valence-electron chi connectivity index (χ0n) is 11.2. The maximum absolute atomic E-state index is 12.2. The lowest BCUT2D eigenvalue weighted by Gasteiger charge is -2.08. The first-order valence-corrected chi connectivity index (χ1v) is 6.01. The summed E-state index contributed by atoms with van der Waals surface area (Å²) in [5.74, 6) is 4.92. The number of amides is 1. The van der Waals surface area contributed by atoms with Gasteiger partial charge in [0.1, 0.15) is 17.1 Å². The van der Waals surface area contributed by atoms with Gasteiger partial charge in [-0.25, -0.2) is 4.98 Å². The van der Waals surface area contributed by atoms with Crippen LogP contribution < -0.4 is 16.6 Å². The molecule has 0 aliphatic carbocycles. The lowest BCUT2D eigenvalue weighted by molar-refractivity contribution is -0.384. The monoisotopic (exact) mass is 287 g/mol. The number of carbonyl (C=O) groups excluding carboxylic acids is 1. The van der Waals surface area contributed by atoms with Gasteiger partial charge in [-0.05, 0) is 36.8 Å². The average Bonchev–Trinajstić information content (AvgIpc) is 2.46. The molecular weight excluding hydrogens is 274 g/mol. The van der Waals surface area contributed by atoms with E-state index in [2.05, 4.69) is 15.7 Å². The number of nitro benzene ring substituents is 1. The quantitative estimate of drug-likeness (QED) is 0.448. The first kappa shape index (κ1) is 14.4. The highest BCUT2D eigenvalue weighted by Crippen LogP contribution is 2.28. The number of carbonyl (C=O) groups is 1. The maximum Gasteiger partial charge on any atom is 0.306 e. The predicted molar refractivity (Wildman–Crippen MR) is 77.8 cm³/mol. The number of nitrogens with one attached hydrogen (secondary N) is 2. The normalized spacial score (nSPS) is 10.0. The predicted octanol–water partition coefficient (Wildman–Crippen LogP) is 1.84. The third kappa shape index (κ3) is 3.12. The highest BCUT2D eigenvalue weighted by Gasteiger charge is 2.24. The molecular formula is C13H13N5O3. The SMILES string of the molecule is Cc1ccnc(NC(=O)c2cccc(NN)c2[N+](=O)[O-])c1. The van der Waals surface area contributed by atoms with Crippen LogP contribution in [0, 0.1) is 17.0 Å². The van der Waals surface area contributed by atoms with Crippen molar-refractivity contribution in [3.63, 3.8) is 0 Å². The molecule has 0 aliphatic heterocycles. The number of hydrogen-bond donors (Lipinski definition) is 3. The van der Waals surface area contributed by atoms with E-state index in [1.54, 1.807) is 12.1 Å². The summed E-state index contributed by atoms with van der Waals surface area (Å²) in [4.78, 5) is 26.6. The summed E-state index contributed by atoms with van der Waals surface area (Å²) in [5, 5.41) is 13.6. The van der Waals surface area contributed by atoms with Gasteiger partial charge >= 0.3 is 5.69 Å². The number of aryl methyl sites for hydroxylation is 1. The zero-order chi connectivity index (χ0) is 15.4. The fraction of sp³-hybridized carbons (Fsp3) is 0.0769. The Hall–Kier alpha value is -3.00. The molecule has 8 heteroatoms. The molecule has 2 aromatic rings. The van der Waals surface area contributed by atoms with Crippen LogP contribution >= 0.6 is 0 Å². The lowest BCUT2D eigenvalue weighted by Crippen LogP contribution is -2.17. The lowest BCUT2D eigenvalue weighted by atomic mass is 10.1. The average molecular weight is 287 g/mol. The molecule has 1 heterocycles. The maximum atomic E-state index is 12.2. The van der Waals surface area contributed by atoms with Crippen molar-refractivity contribution in [2.24, 2.45) is 5.84 Å². The molecule has 0 bridgehead atoms. The second-order valence-electron chi connectivity index (χ2n) is 4.28. The summed E-state index contributed by atoms with van der Waals surface area (Å²) in [6.45, 7) is 1.85. The Labute approximate surface area is 120 Å². The topological polar surface area (TPSA) is 123 Å². The number of para-hydroxylation sites is 1. The van der Waals surface area contributed by atoms with Crippen molar-refractivity contribution in [3.8, 4) is 0 Å². The molecule has 0 saturated carbocycles. The third-order valence-electron chi connectivity index (χ3n) is 2.78. The zero-order valence-corrected chi connectivity index (χ0v) is 11.2. The number of nitrogen functional groups attached to an aromatic ring is 1. The van der Waals surface area contributed by atoms with Crippen molar-refractivity contribution in [2.75, 3.05) is 10.7 Å². The number of hydrazine groups is 1. The first-order chi connectivity index (χ1) is 10.0. The Balaban J connectivity index is 2.37. The van der Waals surface area contributed by atoms with Gasteiger partial charge in [-0.2, -0.15) is 0 Å². The van der Waals surface area contributed by atoms with E-state index in [4.69, 9.17) is 5.84 Å². The van der Waals surface area contributed by atoms with Crippen molar-refractivity contribution in [2.45, 2.75) is 6.92 Å². The number of nitro groups is 1. The largest absolute Gasteiger partial charge is 0.318 e. The van der Waals surface area contributed by atoms with E-state index in [-0.39, 0.29) is 16.9 Å². The van der Waals surface area contributed by atoms with Crippen LogP contribution in [-0.2, 0) is 0 Å². The fourth-order valence-corrected chi connectivity index (χ4v) is 1.83. The van der Waals surface area contributed by atoms with Crippen LogP contribution in [0.25, 0.3) is 0 Å². The highest BCUT2D eigenvalue weighted by atomic mass is 16.6.